The summed E-state index contributed by atoms with van der Waals surface area (Å²) in [7, 11) is 0. The van der Waals surface area contributed by atoms with Crippen molar-refractivity contribution in [3.63, 3.8) is 0 Å². The van der Waals surface area contributed by atoms with Gasteiger partial charge < -0.3 is 0 Å². The summed E-state index contributed by atoms with van der Waals surface area (Å²) in [5.74, 6) is 0.943. The number of aliphatic imine (C=N–C) groups is 1. The molecule has 139 valence electrons. The molecule has 2 N–H and O–H groups in total. The number of nitrogens with zero attached hydrogens (tertiary/aromatic N) is 1. The zero-order chi connectivity index (χ0) is 18.9. The summed E-state index contributed by atoms with van der Waals surface area (Å²) in [4.78, 5) is 16.5. The van der Waals surface area contributed by atoms with Crippen molar-refractivity contribution in [3.8, 4) is 0 Å². The number of thioether (sulfide) groups is 1. The maximum atomic E-state index is 12.0. The van der Waals surface area contributed by atoms with Gasteiger partial charge in [0.25, 0.3) is 0 Å². The van der Waals surface area contributed by atoms with E-state index >= 15 is 0 Å². The first-order chi connectivity index (χ1) is 11.7. The van der Waals surface area contributed by atoms with E-state index in [-0.39, 0.29) is 6.04 Å². The summed E-state index contributed by atoms with van der Waals surface area (Å²) in [5, 5.41) is 6.10. The van der Waals surface area contributed by atoms with E-state index in [2.05, 4.69) is 47.6 Å². The van der Waals surface area contributed by atoms with E-state index in [4.69, 9.17) is 4.74 Å². The molecule has 1 amide bonds. The van der Waals surface area contributed by atoms with Crippen LogP contribution in [0.5, 0.6) is 0 Å². The third kappa shape index (κ3) is 10.8. The molecule has 25 heavy (non-hydrogen) atoms. The molecule has 0 saturated carbocycles. The summed E-state index contributed by atoms with van der Waals surface area (Å²) in [6, 6.07) is 7.77. The molecular weight excluding hydrogens is 469 g/mol. The minimum atomic E-state index is -0.510. The van der Waals surface area contributed by atoms with Crippen molar-refractivity contribution >= 4 is 60.2 Å². The molecule has 0 spiro atoms. The molecule has 0 bridgehead atoms. The second-order valence-corrected chi connectivity index (χ2v) is 9.11. The van der Waals surface area contributed by atoms with Crippen molar-refractivity contribution in [2.45, 2.75) is 38.8 Å². The van der Waals surface area contributed by atoms with Crippen molar-refractivity contribution < 1.29 is 9.53 Å². The van der Waals surface area contributed by atoms with Crippen molar-refractivity contribution in [1.29, 1.82) is 0 Å². The van der Waals surface area contributed by atoms with Gasteiger partial charge in [0.2, 0.25) is 0 Å². The topological polar surface area (TPSA) is 62.7 Å². The van der Waals surface area contributed by atoms with Crippen LogP contribution in [0.1, 0.15) is 27.2 Å². The number of anilines is 1. The summed E-state index contributed by atoms with van der Waals surface area (Å²) in [5.41, 5.74) is 0.436. The van der Waals surface area contributed by atoms with Gasteiger partial charge in [-0.25, -0.2) is 0 Å². The zero-order valence-corrected chi connectivity index (χ0v) is 19.1. The van der Waals surface area contributed by atoms with Gasteiger partial charge in [-0.15, -0.1) is 0 Å². The molecule has 0 fully saturated rings. The van der Waals surface area contributed by atoms with Gasteiger partial charge >= 0.3 is 172 Å². The molecular formula is C17H25BrN3O2SSe. The van der Waals surface area contributed by atoms with E-state index in [0.29, 0.717) is 11.3 Å². The average molecular weight is 494 g/mol. The molecule has 8 heteroatoms. The minimum absolute atomic E-state index is 0.0719. The first-order valence-electron chi connectivity index (χ1n) is 7.92. The summed E-state index contributed by atoms with van der Waals surface area (Å²) < 4.78 is 7.03. The molecule has 0 aliphatic carbocycles. The number of amides is 1. The van der Waals surface area contributed by atoms with E-state index in [1.807, 2.05) is 51.3 Å². The quantitative estimate of drug-likeness (QED) is 0.342. The van der Waals surface area contributed by atoms with Gasteiger partial charge in [0.05, 0.1) is 0 Å². The molecule has 0 heterocycles. The Morgan fingerprint density at radius 3 is 2.56 bits per heavy atom. The molecule has 1 aromatic carbocycles. The molecule has 1 rings (SSSR count). The Balaban J connectivity index is 2.60. The number of rotatable bonds is 7. The number of ether oxygens (including phenoxy) is 1. The molecule has 0 aromatic heterocycles. The summed E-state index contributed by atoms with van der Waals surface area (Å²) in [6.45, 7) is 6.03. The number of amidine groups is 1. The number of halogens is 1. The van der Waals surface area contributed by atoms with Crippen molar-refractivity contribution in [2.24, 2.45) is 4.99 Å². The van der Waals surface area contributed by atoms with E-state index < -0.39 is 11.7 Å². The number of nitrogens with one attached hydrogen (secondary N) is 2. The number of benzene rings is 1. The second-order valence-electron chi connectivity index (χ2n) is 6.40. The number of carbonyl (C=O) groups is 1. The molecule has 1 aromatic rings. The molecule has 0 saturated heterocycles. The molecule has 1 unspecified atom stereocenters. The molecule has 0 aliphatic heterocycles. The number of carbonyl (C=O) groups excluding carboxylic acids is 1. The van der Waals surface area contributed by atoms with Gasteiger partial charge in [-0.05, 0) is 0 Å². The van der Waals surface area contributed by atoms with Crippen LogP contribution in [0.4, 0.5) is 10.5 Å². The van der Waals surface area contributed by atoms with Gasteiger partial charge in [0.1, 0.15) is 0 Å². The van der Waals surface area contributed by atoms with Crippen LogP contribution in [-0.4, -0.2) is 57.0 Å². The Labute approximate surface area is 171 Å². The van der Waals surface area contributed by atoms with Gasteiger partial charge in [0, 0.05) is 0 Å². The molecule has 1 atom stereocenters. The first-order valence-corrected chi connectivity index (χ1v) is 11.0. The van der Waals surface area contributed by atoms with Crippen LogP contribution in [0.2, 0.25) is 0 Å². The fourth-order valence-corrected chi connectivity index (χ4v) is 3.02. The van der Waals surface area contributed by atoms with Crippen molar-refractivity contribution in [1.82, 2.24) is 5.32 Å². The van der Waals surface area contributed by atoms with Crippen LogP contribution >= 0.6 is 27.7 Å². The molecule has 1 radical (unpaired) electrons. The Bertz CT molecular complexity index is 576. The molecule has 5 nitrogen and oxygen atoms in total. The van der Waals surface area contributed by atoms with Crippen molar-refractivity contribution in [2.75, 3.05) is 23.9 Å². The van der Waals surface area contributed by atoms with Crippen LogP contribution in [0, 0.1) is 0 Å². The van der Waals surface area contributed by atoms with Gasteiger partial charge in [-0.1, -0.05) is 0 Å². The third-order valence-corrected chi connectivity index (χ3v) is 4.60. The Morgan fingerprint density at radius 2 is 2.00 bits per heavy atom. The predicted octanol–water partition coefficient (Wildman–Crippen LogP) is 4.03. The number of hydrogen-bond donors (Lipinski definition) is 2. The van der Waals surface area contributed by atoms with Crippen molar-refractivity contribution in [3.05, 3.63) is 28.7 Å². The monoisotopic (exact) mass is 494 g/mol. The van der Waals surface area contributed by atoms with Crippen LogP contribution in [0.3, 0.4) is 0 Å². The Kier molecular flexibility index (Phi) is 9.94. The number of hydrogen-bond acceptors (Lipinski definition) is 4. The van der Waals surface area contributed by atoms with Gasteiger partial charge in [-0.3, -0.25) is 0 Å². The Hall–Kier alpha value is -0.691. The van der Waals surface area contributed by atoms with Crippen LogP contribution < -0.4 is 10.6 Å². The van der Waals surface area contributed by atoms with Crippen LogP contribution in [-0.2, 0) is 4.74 Å². The number of alkyl carbamates (subject to hydrolysis) is 1. The van der Waals surface area contributed by atoms with Crippen LogP contribution in [0.25, 0.3) is 0 Å². The fraction of sp³-hybridized carbons (Fsp3) is 0.529. The SMILES string of the molecule is CSCCC(CN=C([Se])Nc1ccc(Br)cc1)NC(=O)OC(C)(C)C. The predicted molar refractivity (Wildman–Crippen MR) is 112 cm³/mol. The maximum absolute atomic E-state index is 12.0. The van der Waals surface area contributed by atoms with E-state index in [9.17, 15) is 4.79 Å². The van der Waals surface area contributed by atoms with Gasteiger partial charge in [0.15, 0.2) is 0 Å². The van der Waals surface area contributed by atoms with E-state index in [1.54, 1.807) is 11.8 Å². The third-order valence-electron chi connectivity index (χ3n) is 2.94. The van der Waals surface area contributed by atoms with E-state index in [0.717, 1.165) is 22.3 Å². The van der Waals surface area contributed by atoms with E-state index in [1.165, 1.54) is 0 Å². The zero-order valence-electron chi connectivity index (χ0n) is 15.0. The van der Waals surface area contributed by atoms with Crippen LogP contribution in [0.15, 0.2) is 33.7 Å². The Morgan fingerprint density at radius 1 is 1.36 bits per heavy atom. The summed E-state index contributed by atoms with van der Waals surface area (Å²) >= 11 is 8.07. The summed E-state index contributed by atoms with van der Waals surface area (Å²) in [6.07, 6.45) is 2.47. The first kappa shape index (κ1) is 22.4. The average Bonchev–Trinajstić information content (AvgIpc) is 2.50. The molecule has 0 aliphatic rings. The second kappa shape index (κ2) is 11.1. The normalized spacial score (nSPS) is 13.2. The fourth-order valence-electron chi connectivity index (χ4n) is 1.83. The van der Waals surface area contributed by atoms with Gasteiger partial charge in [-0.2, -0.15) is 0 Å². The standard InChI is InChI=1S/C17H25BrN3O2SSe/c1-17(2,3)23-16(22)21-14(9-10-24-4)11-19-15(25)20-13-7-5-12(18)6-8-13/h5-8,14H,9-11H2,1-4H3,(H,19,20)(H,21,22).